The summed E-state index contributed by atoms with van der Waals surface area (Å²) in [4.78, 5) is 4.75. The maximum atomic E-state index is 10.3. The van der Waals surface area contributed by atoms with Crippen molar-refractivity contribution in [2.45, 2.75) is 32.3 Å². The number of nitrogens with zero attached hydrogens (tertiary/aromatic N) is 2. The lowest BCUT2D eigenvalue weighted by Crippen LogP contribution is -2.33. The van der Waals surface area contributed by atoms with Crippen LogP contribution in [0.2, 0.25) is 0 Å². The van der Waals surface area contributed by atoms with Crippen molar-refractivity contribution in [2.24, 2.45) is 0 Å². The van der Waals surface area contributed by atoms with Crippen LogP contribution in [0.4, 0.5) is 0 Å². The molecule has 0 aromatic heterocycles. The second kappa shape index (κ2) is 7.77. The molecular formula is C17H28N2O. The number of rotatable bonds is 7. The third-order valence-electron chi connectivity index (χ3n) is 4.25. The van der Waals surface area contributed by atoms with E-state index in [0.29, 0.717) is 6.54 Å². The molecule has 1 aromatic carbocycles. The van der Waals surface area contributed by atoms with Gasteiger partial charge in [-0.3, -0.25) is 0 Å². The fourth-order valence-electron chi connectivity index (χ4n) is 2.79. The Bertz CT molecular complexity index is 384. The maximum Gasteiger partial charge on any atom is 0.0916 e. The SMILES string of the molecule is CCc1ccc(C(O)CN(C)CCN2CCCC2)cc1. The highest BCUT2D eigenvalue weighted by molar-refractivity contribution is 5.24. The first kappa shape index (κ1) is 15.5. The highest BCUT2D eigenvalue weighted by atomic mass is 16.3. The Morgan fingerprint density at radius 2 is 1.85 bits per heavy atom. The molecule has 2 rings (SSSR count). The highest BCUT2D eigenvalue weighted by Crippen LogP contribution is 2.15. The zero-order chi connectivity index (χ0) is 14.4. The average molecular weight is 276 g/mol. The third kappa shape index (κ3) is 4.58. The zero-order valence-corrected chi connectivity index (χ0v) is 12.9. The van der Waals surface area contributed by atoms with Gasteiger partial charge in [0.25, 0.3) is 0 Å². The lowest BCUT2D eigenvalue weighted by molar-refractivity contribution is 0.121. The van der Waals surface area contributed by atoms with Crippen molar-refractivity contribution < 1.29 is 5.11 Å². The van der Waals surface area contributed by atoms with Gasteiger partial charge in [-0.05, 0) is 50.5 Å². The van der Waals surface area contributed by atoms with Gasteiger partial charge in [0.15, 0.2) is 0 Å². The van der Waals surface area contributed by atoms with Crippen LogP contribution < -0.4 is 0 Å². The van der Waals surface area contributed by atoms with Crippen molar-refractivity contribution in [3.63, 3.8) is 0 Å². The van der Waals surface area contributed by atoms with E-state index in [1.165, 1.54) is 31.5 Å². The van der Waals surface area contributed by atoms with E-state index in [4.69, 9.17) is 0 Å². The minimum atomic E-state index is -0.385. The first-order valence-corrected chi connectivity index (χ1v) is 7.87. The Hall–Kier alpha value is -0.900. The molecule has 1 unspecified atom stereocenters. The number of hydrogen-bond acceptors (Lipinski definition) is 3. The molecule has 1 aliphatic rings. The molecule has 3 heteroatoms. The summed E-state index contributed by atoms with van der Waals surface area (Å²) >= 11 is 0. The monoisotopic (exact) mass is 276 g/mol. The molecule has 0 saturated carbocycles. The van der Waals surface area contributed by atoms with Gasteiger partial charge in [0.1, 0.15) is 0 Å². The number of aliphatic hydroxyl groups is 1. The second-order valence-corrected chi connectivity index (χ2v) is 5.92. The van der Waals surface area contributed by atoms with E-state index in [9.17, 15) is 5.11 Å². The Kier molecular flexibility index (Phi) is 6.02. The van der Waals surface area contributed by atoms with Gasteiger partial charge in [0.2, 0.25) is 0 Å². The molecule has 0 radical (unpaired) electrons. The number of aliphatic hydroxyl groups excluding tert-OH is 1. The molecule has 1 fully saturated rings. The Balaban J connectivity index is 1.75. The number of hydrogen-bond donors (Lipinski definition) is 1. The molecule has 1 heterocycles. The van der Waals surface area contributed by atoms with Crippen molar-refractivity contribution in [3.8, 4) is 0 Å². The number of likely N-dealkylation sites (tertiary alicyclic amines) is 1. The maximum absolute atomic E-state index is 10.3. The van der Waals surface area contributed by atoms with Crippen LogP contribution in [0.15, 0.2) is 24.3 Å². The molecule has 0 aliphatic carbocycles. The Labute approximate surface area is 123 Å². The van der Waals surface area contributed by atoms with E-state index in [2.05, 4.69) is 48.0 Å². The summed E-state index contributed by atoms with van der Waals surface area (Å²) in [7, 11) is 2.10. The summed E-state index contributed by atoms with van der Waals surface area (Å²) < 4.78 is 0. The summed E-state index contributed by atoms with van der Waals surface area (Å²) in [5.41, 5.74) is 2.35. The largest absolute Gasteiger partial charge is 0.387 e. The molecule has 1 aliphatic heterocycles. The minimum absolute atomic E-state index is 0.385. The van der Waals surface area contributed by atoms with Crippen molar-refractivity contribution in [2.75, 3.05) is 39.8 Å². The Morgan fingerprint density at radius 1 is 1.20 bits per heavy atom. The van der Waals surface area contributed by atoms with E-state index in [-0.39, 0.29) is 6.10 Å². The molecular weight excluding hydrogens is 248 g/mol. The normalized spacial score (nSPS) is 17.8. The van der Waals surface area contributed by atoms with E-state index in [1.54, 1.807) is 0 Å². The topological polar surface area (TPSA) is 26.7 Å². The summed E-state index contributed by atoms with van der Waals surface area (Å²) in [6, 6.07) is 8.33. The van der Waals surface area contributed by atoms with Crippen molar-refractivity contribution in [3.05, 3.63) is 35.4 Å². The van der Waals surface area contributed by atoms with Crippen LogP contribution in [0, 0.1) is 0 Å². The van der Waals surface area contributed by atoms with E-state index < -0.39 is 0 Å². The van der Waals surface area contributed by atoms with E-state index in [1.807, 2.05) is 0 Å². The number of aryl methyl sites for hydroxylation is 1. The summed E-state index contributed by atoms with van der Waals surface area (Å²) in [5, 5.41) is 10.3. The number of benzene rings is 1. The summed E-state index contributed by atoms with van der Waals surface area (Å²) in [5.74, 6) is 0. The predicted molar refractivity (Wildman–Crippen MR) is 84.0 cm³/mol. The van der Waals surface area contributed by atoms with Gasteiger partial charge in [-0.25, -0.2) is 0 Å². The quantitative estimate of drug-likeness (QED) is 0.828. The molecule has 0 amide bonds. The van der Waals surface area contributed by atoms with Crippen LogP contribution >= 0.6 is 0 Å². The van der Waals surface area contributed by atoms with Gasteiger partial charge < -0.3 is 14.9 Å². The van der Waals surface area contributed by atoms with Gasteiger partial charge in [0.05, 0.1) is 6.10 Å². The van der Waals surface area contributed by atoms with Crippen LogP contribution in [-0.4, -0.2) is 54.7 Å². The van der Waals surface area contributed by atoms with Crippen LogP contribution in [0.1, 0.15) is 37.0 Å². The summed E-state index contributed by atoms with van der Waals surface area (Å²) in [6.45, 7) is 7.50. The lowest BCUT2D eigenvalue weighted by Gasteiger charge is -2.23. The molecule has 1 saturated heterocycles. The van der Waals surface area contributed by atoms with Crippen molar-refractivity contribution in [1.82, 2.24) is 9.80 Å². The Morgan fingerprint density at radius 3 is 2.45 bits per heavy atom. The van der Waals surface area contributed by atoms with E-state index >= 15 is 0 Å². The standard InChI is InChI=1S/C17H28N2O/c1-3-15-6-8-16(9-7-15)17(20)14-18(2)12-13-19-10-4-5-11-19/h6-9,17,20H,3-5,10-14H2,1-2H3. The molecule has 0 spiro atoms. The minimum Gasteiger partial charge on any atom is -0.387 e. The van der Waals surface area contributed by atoms with Crippen LogP contribution in [0.5, 0.6) is 0 Å². The first-order chi connectivity index (χ1) is 9.69. The highest BCUT2D eigenvalue weighted by Gasteiger charge is 2.14. The van der Waals surface area contributed by atoms with Gasteiger partial charge in [-0.1, -0.05) is 31.2 Å². The van der Waals surface area contributed by atoms with Gasteiger partial charge >= 0.3 is 0 Å². The molecule has 0 bridgehead atoms. The van der Waals surface area contributed by atoms with Crippen molar-refractivity contribution >= 4 is 0 Å². The zero-order valence-electron chi connectivity index (χ0n) is 12.9. The average Bonchev–Trinajstić information content (AvgIpc) is 2.98. The second-order valence-electron chi connectivity index (χ2n) is 5.92. The van der Waals surface area contributed by atoms with Crippen LogP contribution in [0.25, 0.3) is 0 Å². The van der Waals surface area contributed by atoms with Crippen LogP contribution in [0.3, 0.4) is 0 Å². The molecule has 1 N–H and O–H groups in total. The molecule has 1 atom stereocenters. The predicted octanol–water partition coefficient (Wildman–Crippen LogP) is 2.31. The molecule has 20 heavy (non-hydrogen) atoms. The number of likely N-dealkylation sites (N-methyl/N-ethyl adjacent to an activating group) is 1. The van der Waals surface area contributed by atoms with E-state index in [0.717, 1.165) is 25.1 Å². The fourth-order valence-corrected chi connectivity index (χ4v) is 2.79. The van der Waals surface area contributed by atoms with Gasteiger partial charge in [0, 0.05) is 19.6 Å². The smallest absolute Gasteiger partial charge is 0.0916 e. The molecule has 112 valence electrons. The van der Waals surface area contributed by atoms with Gasteiger partial charge in [-0.2, -0.15) is 0 Å². The van der Waals surface area contributed by atoms with Crippen molar-refractivity contribution in [1.29, 1.82) is 0 Å². The first-order valence-electron chi connectivity index (χ1n) is 7.87. The summed E-state index contributed by atoms with van der Waals surface area (Å²) in [6.07, 6.45) is 3.35. The molecule has 3 nitrogen and oxygen atoms in total. The fraction of sp³-hybridized carbons (Fsp3) is 0.647. The van der Waals surface area contributed by atoms with Gasteiger partial charge in [-0.15, -0.1) is 0 Å². The molecule has 1 aromatic rings. The lowest BCUT2D eigenvalue weighted by atomic mass is 10.1. The van der Waals surface area contributed by atoms with Crippen LogP contribution in [-0.2, 0) is 6.42 Å². The third-order valence-corrected chi connectivity index (χ3v) is 4.25.